The van der Waals surface area contributed by atoms with Crippen molar-refractivity contribution in [2.75, 3.05) is 14.2 Å². The van der Waals surface area contributed by atoms with Crippen LogP contribution in [0.4, 0.5) is 0 Å². The highest BCUT2D eigenvalue weighted by molar-refractivity contribution is 6.08. The van der Waals surface area contributed by atoms with E-state index >= 15 is 0 Å². The first-order chi connectivity index (χ1) is 18.4. The van der Waals surface area contributed by atoms with Crippen LogP contribution in [0, 0.1) is 0 Å². The SMILES string of the molecule is COc1ccc(COc2cc(O)ccc2C=CC(=O)c2ccc(O)cc2OCc2ccc(OC)cc2)cc1. The molecule has 0 fully saturated rings. The molecule has 0 spiro atoms. The van der Waals surface area contributed by atoms with Gasteiger partial charge in [-0.05, 0) is 71.8 Å². The van der Waals surface area contributed by atoms with Gasteiger partial charge in [0, 0.05) is 17.7 Å². The van der Waals surface area contributed by atoms with Gasteiger partial charge in [-0.15, -0.1) is 0 Å². The van der Waals surface area contributed by atoms with Crippen LogP contribution in [0.25, 0.3) is 6.08 Å². The average Bonchev–Trinajstić information content (AvgIpc) is 2.95. The molecule has 7 nitrogen and oxygen atoms in total. The van der Waals surface area contributed by atoms with E-state index in [1.165, 1.54) is 36.4 Å². The number of hydrogen-bond donors (Lipinski definition) is 2. The number of methoxy groups -OCH3 is 2. The Bertz CT molecular complexity index is 1410. The van der Waals surface area contributed by atoms with Crippen molar-refractivity contribution in [3.8, 4) is 34.5 Å². The molecule has 0 aliphatic carbocycles. The zero-order valence-electron chi connectivity index (χ0n) is 21.1. The Morgan fingerprint density at radius 2 is 1.18 bits per heavy atom. The lowest BCUT2D eigenvalue weighted by atomic mass is 10.1. The molecule has 0 saturated heterocycles. The molecule has 7 heteroatoms. The third kappa shape index (κ3) is 6.85. The minimum Gasteiger partial charge on any atom is -0.508 e. The molecule has 4 rings (SSSR count). The number of allylic oxidation sites excluding steroid dienone is 1. The van der Waals surface area contributed by atoms with E-state index in [2.05, 4.69) is 0 Å². The van der Waals surface area contributed by atoms with E-state index in [0.717, 1.165) is 22.6 Å². The molecule has 0 atom stereocenters. The van der Waals surface area contributed by atoms with Crippen LogP contribution in [-0.2, 0) is 13.2 Å². The number of ketones is 1. The van der Waals surface area contributed by atoms with Crippen LogP contribution >= 0.6 is 0 Å². The zero-order valence-corrected chi connectivity index (χ0v) is 21.1. The lowest BCUT2D eigenvalue weighted by Gasteiger charge is -2.12. The molecule has 0 aliphatic heterocycles. The van der Waals surface area contributed by atoms with E-state index in [0.29, 0.717) is 16.9 Å². The molecule has 4 aromatic rings. The number of hydrogen-bond acceptors (Lipinski definition) is 7. The first-order valence-corrected chi connectivity index (χ1v) is 11.8. The molecule has 194 valence electrons. The van der Waals surface area contributed by atoms with E-state index in [1.807, 2.05) is 48.5 Å². The molecule has 0 aromatic heterocycles. The second kappa shape index (κ2) is 12.4. The lowest BCUT2D eigenvalue weighted by Crippen LogP contribution is -2.02. The third-order valence-corrected chi connectivity index (χ3v) is 5.75. The van der Waals surface area contributed by atoms with Crippen molar-refractivity contribution in [2.45, 2.75) is 13.2 Å². The molecule has 0 unspecified atom stereocenters. The Morgan fingerprint density at radius 3 is 1.74 bits per heavy atom. The fourth-order valence-electron chi connectivity index (χ4n) is 3.64. The van der Waals surface area contributed by atoms with Gasteiger partial charge in [0.25, 0.3) is 0 Å². The Hall–Kier alpha value is -4.91. The molecule has 38 heavy (non-hydrogen) atoms. The van der Waals surface area contributed by atoms with E-state index in [-0.39, 0.29) is 36.2 Å². The summed E-state index contributed by atoms with van der Waals surface area (Å²) in [5.41, 5.74) is 2.71. The normalized spacial score (nSPS) is 10.8. The van der Waals surface area contributed by atoms with Crippen molar-refractivity contribution in [2.24, 2.45) is 0 Å². The van der Waals surface area contributed by atoms with Crippen molar-refractivity contribution in [3.05, 3.63) is 113 Å². The Balaban J connectivity index is 1.48. The quantitative estimate of drug-likeness (QED) is 0.183. The molecule has 0 amide bonds. The summed E-state index contributed by atoms with van der Waals surface area (Å²) in [6, 6.07) is 23.9. The average molecular weight is 513 g/mol. The second-order valence-corrected chi connectivity index (χ2v) is 8.37. The van der Waals surface area contributed by atoms with Crippen LogP contribution in [0.2, 0.25) is 0 Å². The highest BCUT2D eigenvalue weighted by atomic mass is 16.5. The second-order valence-electron chi connectivity index (χ2n) is 8.37. The third-order valence-electron chi connectivity index (χ3n) is 5.75. The van der Waals surface area contributed by atoms with Crippen LogP contribution in [0.15, 0.2) is 91.0 Å². The van der Waals surface area contributed by atoms with Gasteiger partial charge >= 0.3 is 0 Å². The van der Waals surface area contributed by atoms with E-state index in [1.54, 1.807) is 26.4 Å². The Labute approximate surface area is 221 Å². The van der Waals surface area contributed by atoms with Crippen molar-refractivity contribution >= 4 is 11.9 Å². The monoisotopic (exact) mass is 512 g/mol. The maximum absolute atomic E-state index is 13.1. The topological polar surface area (TPSA) is 94.5 Å². The van der Waals surface area contributed by atoms with Gasteiger partial charge in [-0.3, -0.25) is 4.79 Å². The minimum absolute atomic E-state index is 0.0111. The molecule has 0 radical (unpaired) electrons. The first kappa shape index (κ1) is 26.2. The van der Waals surface area contributed by atoms with Crippen molar-refractivity contribution in [1.29, 1.82) is 0 Å². The maximum atomic E-state index is 13.1. The number of aromatic hydroxyl groups is 2. The van der Waals surface area contributed by atoms with Gasteiger partial charge in [-0.2, -0.15) is 0 Å². The standard InChI is InChI=1S/C31H28O7/c1-35-26-11-3-21(4-12-26)19-37-30-17-24(32)9-7-23(30)8-16-29(34)28-15-10-25(33)18-31(28)38-20-22-5-13-27(36-2)14-6-22/h3-18,32-33H,19-20H2,1-2H3. The first-order valence-electron chi connectivity index (χ1n) is 11.8. The van der Waals surface area contributed by atoms with Crippen molar-refractivity contribution in [1.82, 2.24) is 0 Å². The molecule has 0 bridgehead atoms. The van der Waals surface area contributed by atoms with Gasteiger partial charge in [-0.1, -0.05) is 24.3 Å². The summed E-state index contributed by atoms with van der Waals surface area (Å²) in [5.74, 6) is 1.88. The number of phenols is 2. The number of rotatable bonds is 11. The summed E-state index contributed by atoms with van der Waals surface area (Å²) >= 11 is 0. The van der Waals surface area contributed by atoms with E-state index in [9.17, 15) is 15.0 Å². The van der Waals surface area contributed by atoms with Gasteiger partial charge in [0.2, 0.25) is 0 Å². The van der Waals surface area contributed by atoms with E-state index < -0.39 is 0 Å². The molecule has 0 heterocycles. The van der Waals surface area contributed by atoms with Crippen LogP contribution in [-0.4, -0.2) is 30.2 Å². The van der Waals surface area contributed by atoms with Crippen LogP contribution in [0.5, 0.6) is 34.5 Å². The number of carbonyl (C=O) groups is 1. The van der Waals surface area contributed by atoms with Crippen LogP contribution in [0.1, 0.15) is 27.0 Å². The van der Waals surface area contributed by atoms with Crippen LogP contribution in [0.3, 0.4) is 0 Å². The summed E-state index contributed by atoms with van der Waals surface area (Å²) in [6.07, 6.45) is 3.02. The highest BCUT2D eigenvalue weighted by Gasteiger charge is 2.13. The minimum atomic E-state index is -0.316. The van der Waals surface area contributed by atoms with E-state index in [4.69, 9.17) is 18.9 Å². The lowest BCUT2D eigenvalue weighted by molar-refractivity contribution is 0.104. The Kier molecular flexibility index (Phi) is 8.51. The largest absolute Gasteiger partial charge is 0.508 e. The summed E-state index contributed by atoms with van der Waals surface area (Å²) in [7, 11) is 3.20. The molecule has 4 aromatic carbocycles. The van der Waals surface area contributed by atoms with Gasteiger partial charge in [0.1, 0.15) is 47.7 Å². The van der Waals surface area contributed by atoms with Gasteiger partial charge in [-0.25, -0.2) is 0 Å². The smallest absolute Gasteiger partial charge is 0.189 e. The fraction of sp³-hybridized carbons (Fsp3) is 0.129. The van der Waals surface area contributed by atoms with Gasteiger partial charge in [0.05, 0.1) is 19.8 Å². The van der Waals surface area contributed by atoms with Gasteiger partial charge < -0.3 is 29.2 Å². The summed E-state index contributed by atoms with van der Waals surface area (Å²) < 4.78 is 22.1. The fourth-order valence-corrected chi connectivity index (χ4v) is 3.64. The predicted molar refractivity (Wildman–Crippen MR) is 144 cm³/mol. The maximum Gasteiger partial charge on any atom is 0.189 e. The number of phenolic OH excluding ortho intramolecular Hbond substituents is 2. The van der Waals surface area contributed by atoms with Crippen LogP contribution < -0.4 is 18.9 Å². The number of carbonyl (C=O) groups excluding carboxylic acids is 1. The summed E-state index contributed by atoms with van der Waals surface area (Å²) in [4.78, 5) is 13.1. The predicted octanol–water partition coefficient (Wildman–Crippen LogP) is 6.17. The number of benzene rings is 4. The molecule has 0 aliphatic rings. The highest BCUT2D eigenvalue weighted by Crippen LogP contribution is 2.29. The van der Waals surface area contributed by atoms with Crippen molar-refractivity contribution < 1.29 is 34.0 Å². The number of ether oxygens (including phenoxy) is 4. The molecule has 2 N–H and O–H groups in total. The molecular weight excluding hydrogens is 484 g/mol. The molecular formula is C31H28O7. The zero-order chi connectivity index (χ0) is 26.9. The van der Waals surface area contributed by atoms with Crippen molar-refractivity contribution in [3.63, 3.8) is 0 Å². The Morgan fingerprint density at radius 1 is 0.684 bits per heavy atom. The molecule has 0 saturated carbocycles. The summed E-state index contributed by atoms with van der Waals surface area (Å²) in [5, 5.41) is 19.9. The summed E-state index contributed by atoms with van der Waals surface area (Å²) in [6.45, 7) is 0.475. The van der Waals surface area contributed by atoms with Gasteiger partial charge in [0.15, 0.2) is 5.78 Å².